The Morgan fingerprint density at radius 1 is 1.13 bits per heavy atom. The third kappa shape index (κ3) is 25.1. The van der Waals surface area contributed by atoms with Crippen LogP contribution >= 0.6 is 0 Å². The zero-order valence-electron chi connectivity index (χ0n) is 27.2. The van der Waals surface area contributed by atoms with E-state index < -0.39 is 0 Å². The number of ketones is 1. The summed E-state index contributed by atoms with van der Waals surface area (Å²) >= 11 is 0. The van der Waals surface area contributed by atoms with Gasteiger partial charge in [-0.05, 0) is 39.3 Å². The number of carbonyl (C=O) groups excluding carboxylic acids is 3. The molecule has 0 aromatic carbocycles. The molecular weight excluding hydrogens is 833 g/mol. The van der Waals surface area contributed by atoms with E-state index in [2.05, 4.69) is 46.1 Å². The van der Waals surface area contributed by atoms with E-state index in [4.69, 9.17) is 4.79 Å². The van der Waals surface area contributed by atoms with E-state index in [1.165, 1.54) is 44.8 Å². The van der Waals surface area contributed by atoms with Gasteiger partial charge in [0.2, 0.25) is 5.91 Å². The first-order valence-corrected chi connectivity index (χ1v) is 13.4. The summed E-state index contributed by atoms with van der Waals surface area (Å²) in [4.78, 5) is 39.7. The third-order valence-electron chi connectivity index (χ3n) is 5.25. The fourth-order valence-electron chi connectivity index (χ4n) is 3.72. The second kappa shape index (κ2) is 31.8. The molecule has 1 aliphatic rings. The molecule has 0 aliphatic carbocycles. The van der Waals surface area contributed by atoms with E-state index in [0.29, 0.717) is 18.8 Å². The molecule has 0 aromatic rings. The molecule has 0 radical (unpaired) electrons. The van der Waals surface area contributed by atoms with Gasteiger partial charge in [0, 0.05) is 37.8 Å². The molecule has 8 heteroatoms. The Labute approximate surface area is 325 Å². The molecular formula is C31H56CsN3O3U. The van der Waals surface area contributed by atoms with Gasteiger partial charge in [0.25, 0.3) is 0 Å². The number of rotatable bonds is 12. The average molecular weight is 890 g/mol. The van der Waals surface area contributed by atoms with E-state index in [1.54, 1.807) is 13.0 Å². The molecule has 1 fully saturated rings. The summed E-state index contributed by atoms with van der Waals surface area (Å²) in [5.74, 6) is 1.48. The number of allylic oxidation sites excluding steroid dienone is 2. The second-order valence-electron chi connectivity index (χ2n) is 9.67. The quantitative estimate of drug-likeness (QED) is 0.222. The van der Waals surface area contributed by atoms with Crippen LogP contribution < -0.4 is 68.9 Å². The first-order chi connectivity index (χ1) is 17.0. The number of amides is 1. The summed E-state index contributed by atoms with van der Waals surface area (Å²) in [6.45, 7) is 25.8. The summed E-state index contributed by atoms with van der Waals surface area (Å²) in [7, 11) is 0. The first-order valence-electron chi connectivity index (χ1n) is 13.4. The van der Waals surface area contributed by atoms with Gasteiger partial charge in [-0.3, -0.25) is 20.8 Å². The number of Topliss-reactive ketones (excluding diaryl/α,β-unsaturated/α-hetero) is 1. The maximum atomic E-state index is 12.7. The molecule has 0 saturated carbocycles. The Hall–Kier alpha value is 0.894. The maximum Gasteiger partial charge on any atom is 2.00 e. The largest absolute Gasteiger partial charge is 2.00 e. The number of hydrogen-bond donors (Lipinski definition) is 0. The molecule has 1 aliphatic heterocycles. The van der Waals surface area contributed by atoms with Crippen LogP contribution in [0.25, 0.3) is 0 Å². The van der Waals surface area contributed by atoms with Gasteiger partial charge < -0.3 is 27.9 Å². The van der Waals surface area contributed by atoms with Gasteiger partial charge in [-0.1, -0.05) is 52.3 Å². The van der Waals surface area contributed by atoms with Gasteiger partial charge in [0.05, 0.1) is 12.2 Å². The Balaban J connectivity index is -0.000000345. The predicted octanol–water partition coefficient (Wildman–Crippen LogP) is 3.56. The van der Waals surface area contributed by atoms with Crippen molar-refractivity contribution in [3.63, 3.8) is 0 Å². The van der Waals surface area contributed by atoms with Crippen LogP contribution in [0.3, 0.4) is 0 Å². The van der Waals surface area contributed by atoms with Crippen molar-refractivity contribution >= 4 is 18.0 Å². The summed E-state index contributed by atoms with van der Waals surface area (Å²) < 4.78 is 0. The smallest absolute Gasteiger partial charge is 0.542 e. The van der Waals surface area contributed by atoms with Crippen LogP contribution in [0.5, 0.6) is 0 Å². The van der Waals surface area contributed by atoms with Crippen LogP contribution in [-0.2, 0) is 14.4 Å². The summed E-state index contributed by atoms with van der Waals surface area (Å²) in [6, 6.07) is 0.0286. The zero-order valence-corrected chi connectivity index (χ0v) is 37.6. The Morgan fingerprint density at radius 2 is 1.59 bits per heavy atom. The molecule has 0 aromatic heterocycles. The van der Waals surface area contributed by atoms with Crippen molar-refractivity contribution in [2.45, 2.75) is 100 Å². The van der Waals surface area contributed by atoms with Gasteiger partial charge in [-0.2, -0.15) is 27.7 Å². The summed E-state index contributed by atoms with van der Waals surface area (Å²) in [5, 5.41) is 0. The fourth-order valence-corrected chi connectivity index (χ4v) is 3.72. The number of unbranched alkanes of at least 4 members (excludes halogenated alkanes) is 2. The first kappa shape index (κ1) is 49.6. The SMILES string of the molecule is C=C1CN(C(=O)/C=C/CN(CCCC)CCCC)C[C@H](C)N1/C(=C\CC)C(C)=O.C[C-](C)C.C[C-]=O.[CH3-].[Cs+].[U+2]. The predicted molar refractivity (Wildman–Crippen MR) is 160 cm³/mol. The molecule has 1 rings (SSSR count). The molecule has 0 unspecified atom stereocenters. The van der Waals surface area contributed by atoms with Crippen LogP contribution in [0, 0.1) is 44.5 Å². The topological polar surface area (TPSA) is 60.9 Å². The van der Waals surface area contributed by atoms with E-state index in [9.17, 15) is 9.59 Å². The average Bonchev–Trinajstić information content (AvgIpc) is 2.79. The van der Waals surface area contributed by atoms with Gasteiger partial charge in [-0.25, -0.2) is 0 Å². The molecule has 1 heterocycles. The van der Waals surface area contributed by atoms with Gasteiger partial charge in [0.1, 0.15) is 0 Å². The van der Waals surface area contributed by atoms with Crippen LogP contribution in [0.4, 0.5) is 0 Å². The molecule has 0 spiro atoms. The van der Waals surface area contributed by atoms with Crippen molar-refractivity contribution < 1.29 is 114 Å². The minimum Gasteiger partial charge on any atom is -0.542 e. The van der Waals surface area contributed by atoms with Crippen molar-refractivity contribution in [1.82, 2.24) is 14.7 Å². The molecule has 218 valence electrons. The number of carbonyl (C=O) groups is 2. The molecule has 1 amide bonds. The van der Waals surface area contributed by atoms with Crippen molar-refractivity contribution in [2.24, 2.45) is 0 Å². The summed E-state index contributed by atoms with van der Waals surface area (Å²) in [5.41, 5.74) is 1.49. The Morgan fingerprint density at radius 3 is 1.95 bits per heavy atom. The van der Waals surface area contributed by atoms with Gasteiger partial charge >= 0.3 is 100 Å². The van der Waals surface area contributed by atoms with Crippen molar-refractivity contribution in [3.8, 4) is 0 Å². The molecule has 39 heavy (non-hydrogen) atoms. The normalized spacial score (nSPS) is 14.8. The molecule has 1 saturated heterocycles. The Kier molecular flexibility index (Phi) is 40.4. The van der Waals surface area contributed by atoms with Gasteiger partial charge in [0.15, 0.2) is 5.78 Å². The van der Waals surface area contributed by atoms with Crippen LogP contribution in [0.15, 0.2) is 36.2 Å². The maximum absolute atomic E-state index is 12.7. The van der Waals surface area contributed by atoms with E-state index in [0.717, 1.165) is 31.8 Å². The van der Waals surface area contributed by atoms with Crippen molar-refractivity contribution in [1.29, 1.82) is 0 Å². The minimum absolute atomic E-state index is 0. The number of piperazine rings is 1. The monoisotopic (exact) mass is 889 g/mol. The van der Waals surface area contributed by atoms with E-state index in [-0.39, 0.29) is 125 Å². The summed E-state index contributed by atoms with van der Waals surface area (Å²) in [6.07, 6.45) is 12.7. The van der Waals surface area contributed by atoms with E-state index >= 15 is 0 Å². The number of nitrogens with zero attached hydrogens (tertiary/aromatic N) is 3. The molecule has 6 nitrogen and oxygen atoms in total. The Bertz CT molecular complexity index is 700. The fraction of sp³-hybridized carbons (Fsp3) is 0.645. The molecule has 0 N–H and O–H groups in total. The third-order valence-corrected chi connectivity index (χ3v) is 5.25. The zero-order chi connectivity index (χ0) is 28.1. The van der Waals surface area contributed by atoms with Crippen molar-refractivity contribution in [3.05, 3.63) is 49.5 Å². The van der Waals surface area contributed by atoms with Crippen LogP contribution in [-0.4, -0.2) is 71.4 Å². The molecule has 1 atom stereocenters. The number of hydrogen-bond acceptors (Lipinski definition) is 5. The molecule has 0 bridgehead atoms. The standard InChI is InChI=1S/C24H41N3O2.C4H9.C2H3O.CH3.Cs.U/c1-7-10-15-25(16-11-8-2)17-12-14-24(29)26-18-20(4)27(21(5)19-26)23(13-9-3)22(6)28;1-4(2)3;1-2-3;;;/h12-14,21H,4,7-11,15-19H2,1-3,5-6H3;1-3H3;1H3;1H3;;/q;3*-1;+1;+2/b14-12+,23-13-;;;;;/t21-;;;;;/m0...../s1. The van der Waals surface area contributed by atoms with Crippen LogP contribution in [0.2, 0.25) is 0 Å². The van der Waals surface area contributed by atoms with Crippen molar-refractivity contribution in [2.75, 3.05) is 32.7 Å². The second-order valence-corrected chi connectivity index (χ2v) is 9.67. The van der Waals surface area contributed by atoms with Gasteiger partial charge in [-0.15, -0.1) is 0 Å². The minimum atomic E-state index is 0. The van der Waals surface area contributed by atoms with E-state index in [1.807, 2.05) is 35.8 Å². The van der Waals surface area contributed by atoms with Crippen LogP contribution in [0.1, 0.15) is 94.4 Å².